The third kappa shape index (κ3) is 4.96. The molecule has 11 nitrogen and oxygen atoms in total. The van der Waals surface area contributed by atoms with Crippen molar-refractivity contribution in [3.8, 4) is 28.6 Å². The lowest BCUT2D eigenvalue weighted by Crippen LogP contribution is -2.32. The second-order valence-corrected chi connectivity index (χ2v) is 10.0. The highest BCUT2D eigenvalue weighted by Gasteiger charge is 2.33. The quantitative estimate of drug-likeness (QED) is 0.312. The fraction of sp³-hybridized carbons (Fsp3) is 0.217. The summed E-state index contributed by atoms with van der Waals surface area (Å²) in [4.78, 5) is 8.14. The maximum atomic E-state index is 13.4. The van der Waals surface area contributed by atoms with E-state index in [1.165, 1.54) is 37.8 Å². The molecule has 13 heteroatoms. The van der Waals surface area contributed by atoms with Crippen LogP contribution >= 0.6 is 11.6 Å². The molecule has 0 saturated carbocycles. The minimum Gasteiger partial charge on any atom is -0.494 e. The number of para-hydroxylation sites is 1. The Morgan fingerprint density at radius 3 is 2.33 bits per heavy atom. The number of rotatable bonds is 9. The van der Waals surface area contributed by atoms with Crippen molar-refractivity contribution < 1.29 is 23.0 Å². The Bertz CT molecular complexity index is 1440. The smallest absolute Gasteiger partial charge is 0.243 e. The lowest BCUT2D eigenvalue weighted by atomic mass is 10.2. The maximum absolute atomic E-state index is 13.4. The van der Waals surface area contributed by atoms with E-state index in [4.69, 9.17) is 21.1 Å². The van der Waals surface area contributed by atoms with Gasteiger partial charge in [0.1, 0.15) is 33.7 Å². The monoisotopic (exact) mass is 530 g/mol. The summed E-state index contributed by atoms with van der Waals surface area (Å²) in [6.07, 6.45) is 1.71. The molecule has 0 unspecified atom stereocenters. The van der Waals surface area contributed by atoms with E-state index in [1.54, 1.807) is 48.8 Å². The predicted molar refractivity (Wildman–Crippen MR) is 134 cm³/mol. The highest BCUT2D eigenvalue weighted by molar-refractivity contribution is 7.93. The van der Waals surface area contributed by atoms with Crippen LogP contribution in [0.15, 0.2) is 60.9 Å². The Labute approximate surface area is 212 Å². The van der Waals surface area contributed by atoms with Gasteiger partial charge in [-0.05, 0) is 43.3 Å². The van der Waals surface area contributed by atoms with Crippen LogP contribution in [0.3, 0.4) is 0 Å². The number of ether oxygens (including phenoxy) is 2. The first-order valence-corrected chi connectivity index (χ1v) is 12.6. The zero-order chi connectivity index (χ0) is 25.9. The number of methoxy groups -OCH3 is 2. The number of nitrogens with zero attached hydrogens (tertiary/aromatic N) is 5. The zero-order valence-corrected chi connectivity index (χ0v) is 21.1. The highest BCUT2D eigenvalue weighted by atomic mass is 35.5. The van der Waals surface area contributed by atoms with E-state index < -0.39 is 21.4 Å². The van der Waals surface area contributed by atoms with E-state index >= 15 is 0 Å². The van der Waals surface area contributed by atoms with Crippen molar-refractivity contribution in [3.05, 3.63) is 71.8 Å². The molecule has 0 amide bonds. The van der Waals surface area contributed by atoms with E-state index in [-0.39, 0.29) is 22.6 Å². The number of anilines is 1. The average Bonchev–Trinajstić information content (AvgIpc) is 3.29. The number of aromatic nitrogens is 5. The number of pyridine rings is 2. The second kappa shape index (κ2) is 10.5. The summed E-state index contributed by atoms with van der Waals surface area (Å²) in [5.41, 5.74) is 1.05. The van der Waals surface area contributed by atoms with Gasteiger partial charge in [-0.2, -0.15) is 0 Å². The minimum absolute atomic E-state index is 0.115. The molecule has 3 heterocycles. The van der Waals surface area contributed by atoms with Gasteiger partial charge in [0.25, 0.3) is 0 Å². The second-order valence-electron chi connectivity index (χ2n) is 7.62. The fourth-order valence-electron chi connectivity index (χ4n) is 3.52. The van der Waals surface area contributed by atoms with Crippen LogP contribution in [-0.2, 0) is 10.0 Å². The predicted octanol–water partition coefficient (Wildman–Crippen LogP) is 3.26. The van der Waals surface area contributed by atoms with Crippen LogP contribution in [0.4, 0.5) is 5.95 Å². The topological polar surface area (TPSA) is 141 Å². The van der Waals surface area contributed by atoms with Crippen LogP contribution in [0.2, 0.25) is 5.15 Å². The first-order valence-electron chi connectivity index (χ1n) is 10.7. The molecule has 36 heavy (non-hydrogen) atoms. The van der Waals surface area contributed by atoms with Gasteiger partial charge in [0.2, 0.25) is 16.0 Å². The molecule has 2 N–H and O–H groups in total. The Hall–Kier alpha value is -3.74. The number of hydrogen-bond donors (Lipinski definition) is 2. The molecule has 0 aliphatic carbocycles. The first-order chi connectivity index (χ1) is 17.3. The van der Waals surface area contributed by atoms with Crippen molar-refractivity contribution in [2.24, 2.45) is 0 Å². The minimum atomic E-state index is -4.22. The number of hydrogen-bond acceptors (Lipinski definition) is 9. The summed E-state index contributed by atoms with van der Waals surface area (Å²) in [6.45, 7) is 1.35. The molecule has 4 aromatic rings. The molecule has 2 atom stereocenters. The van der Waals surface area contributed by atoms with E-state index in [1.807, 2.05) is 0 Å². The van der Waals surface area contributed by atoms with Crippen LogP contribution in [-0.4, -0.2) is 57.7 Å². The molecule has 0 bridgehead atoms. The molecular weight excluding hydrogens is 508 g/mol. The van der Waals surface area contributed by atoms with Crippen molar-refractivity contribution >= 4 is 27.6 Å². The van der Waals surface area contributed by atoms with E-state index in [9.17, 15) is 13.5 Å². The van der Waals surface area contributed by atoms with Gasteiger partial charge in [0.05, 0.1) is 19.9 Å². The third-order valence-electron chi connectivity index (χ3n) is 5.42. The normalized spacial score (nSPS) is 13.1. The molecule has 0 aliphatic rings. The van der Waals surface area contributed by atoms with Crippen molar-refractivity contribution in [1.29, 1.82) is 0 Å². The van der Waals surface area contributed by atoms with Gasteiger partial charge in [-0.15, -0.1) is 10.2 Å². The van der Waals surface area contributed by atoms with E-state index in [2.05, 4.69) is 24.9 Å². The molecule has 0 aliphatic heterocycles. The SMILES string of the molecule is COc1cccc(OC)c1-n1c(NS(=O)(=O)[C@H](C)[C@@H](O)c2cccc(Cl)n2)nnc1-c1cccnc1. The van der Waals surface area contributed by atoms with Crippen molar-refractivity contribution in [3.63, 3.8) is 0 Å². The van der Waals surface area contributed by atoms with Crippen molar-refractivity contribution in [2.75, 3.05) is 18.9 Å². The third-order valence-corrected chi connectivity index (χ3v) is 7.33. The molecular formula is C23H23ClN6O5S. The van der Waals surface area contributed by atoms with Crippen LogP contribution in [0.1, 0.15) is 18.7 Å². The van der Waals surface area contributed by atoms with Crippen molar-refractivity contribution in [1.82, 2.24) is 24.7 Å². The summed E-state index contributed by atoms with van der Waals surface area (Å²) >= 11 is 5.91. The van der Waals surface area contributed by atoms with Gasteiger partial charge in [-0.1, -0.05) is 23.7 Å². The Morgan fingerprint density at radius 1 is 1.03 bits per heavy atom. The van der Waals surface area contributed by atoms with E-state index in [0.29, 0.717) is 22.7 Å². The molecule has 0 spiro atoms. The summed E-state index contributed by atoms with van der Waals surface area (Å²) < 4.78 is 41.7. The fourth-order valence-corrected chi connectivity index (χ4v) is 4.74. The largest absolute Gasteiger partial charge is 0.494 e. The number of sulfonamides is 1. The lowest BCUT2D eigenvalue weighted by molar-refractivity contribution is 0.171. The Kier molecular flexibility index (Phi) is 7.38. The number of aliphatic hydroxyl groups is 1. The summed E-state index contributed by atoms with van der Waals surface area (Å²) in [6, 6.07) is 13.2. The number of nitrogens with one attached hydrogen (secondary N) is 1. The lowest BCUT2D eigenvalue weighted by Gasteiger charge is -2.21. The van der Waals surface area contributed by atoms with Gasteiger partial charge in [-0.3, -0.25) is 14.3 Å². The molecule has 4 rings (SSSR count). The molecule has 0 saturated heterocycles. The van der Waals surface area contributed by atoms with Crippen LogP contribution in [0.5, 0.6) is 11.5 Å². The number of halogens is 1. The molecule has 0 fully saturated rings. The van der Waals surface area contributed by atoms with E-state index in [0.717, 1.165) is 0 Å². The molecule has 1 aromatic carbocycles. The standard InChI is InChI=1S/C23H23ClN6O5S/c1-14(21(31)16-8-4-11-19(24)26-16)36(32,33)29-23-28-27-22(15-7-6-12-25-13-15)30(23)20-17(34-2)9-5-10-18(20)35-3/h4-14,21,31H,1-3H3,(H,28,29)/t14-,21-/m1/s1. The van der Waals surface area contributed by atoms with Gasteiger partial charge >= 0.3 is 0 Å². The molecule has 0 radical (unpaired) electrons. The maximum Gasteiger partial charge on any atom is 0.243 e. The number of benzene rings is 1. The van der Waals surface area contributed by atoms with Gasteiger partial charge < -0.3 is 14.6 Å². The Balaban J connectivity index is 1.82. The molecule has 188 valence electrons. The molecule has 3 aromatic heterocycles. The van der Waals surface area contributed by atoms with Crippen LogP contribution in [0.25, 0.3) is 17.1 Å². The van der Waals surface area contributed by atoms with Crippen molar-refractivity contribution in [2.45, 2.75) is 18.3 Å². The average molecular weight is 531 g/mol. The zero-order valence-electron chi connectivity index (χ0n) is 19.5. The highest BCUT2D eigenvalue weighted by Crippen LogP contribution is 2.38. The van der Waals surface area contributed by atoms with Gasteiger partial charge in [0.15, 0.2) is 5.82 Å². The number of aliphatic hydroxyl groups excluding tert-OH is 1. The summed E-state index contributed by atoms with van der Waals surface area (Å²) in [7, 11) is -1.26. The van der Waals surface area contributed by atoms with Crippen LogP contribution in [0, 0.1) is 0 Å². The summed E-state index contributed by atoms with van der Waals surface area (Å²) in [5, 5.41) is 17.9. The Morgan fingerprint density at radius 2 is 1.72 bits per heavy atom. The first kappa shape index (κ1) is 25.4. The van der Waals surface area contributed by atoms with Gasteiger partial charge in [0, 0.05) is 18.0 Å². The van der Waals surface area contributed by atoms with Crippen LogP contribution < -0.4 is 14.2 Å². The van der Waals surface area contributed by atoms with Gasteiger partial charge in [-0.25, -0.2) is 13.4 Å². The summed E-state index contributed by atoms with van der Waals surface area (Å²) in [5.74, 6) is 0.912.